The second-order valence-electron chi connectivity index (χ2n) is 6.16. The number of benzene rings is 2. The molecule has 26 heavy (non-hydrogen) atoms. The highest BCUT2D eigenvalue weighted by atomic mass is 16.2. The number of nitrogens with one attached hydrogen (secondary N) is 2. The van der Waals surface area contributed by atoms with Crippen LogP contribution in [0.1, 0.15) is 11.1 Å². The van der Waals surface area contributed by atoms with Crippen LogP contribution in [0, 0.1) is 5.41 Å². The van der Waals surface area contributed by atoms with Crippen molar-refractivity contribution in [2.45, 2.75) is 5.54 Å². The molecule has 0 radical (unpaired) electrons. The molecule has 1 amide bonds. The Kier molecular flexibility index (Phi) is 3.73. The molecule has 1 saturated heterocycles. The van der Waals surface area contributed by atoms with E-state index in [9.17, 15) is 4.79 Å². The predicted octanol–water partition coefficient (Wildman–Crippen LogP) is 2.38. The molecular formula is C20H17N5O. The van der Waals surface area contributed by atoms with Crippen molar-refractivity contribution >= 4 is 11.9 Å². The van der Waals surface area contributed by atoms with E-state index in [0.29, 0.717) is 0 Å². The molecule has 1 unspecified atom stereocenters. The summed E-state index contributed by atoms with van der Waals surface area (Å²) < 4.78 is 0. The lowest BCUT2D eigenvalue weighted by Crippen LogP contribution is -2.45. The van der Waals surface area contributed by atoms with Gasteiger partial charge in [0, 0.05) is 25.0 Å². The van der Waals surface area contributed by atoms with Gasteiger partial charge in [-0.05, 0) is 22.8 Å². The predicted molar refractivity (Wildman–Crippen MR) is 98.3 cm³/mol. The van der Waals surface area contributed by atoms with Crippen LogP contribution < -0.4 is 5.32 Å². The summed E-state index contributed by atoms with van der Waals surface area (Å²) in [5, 5.41) is 11.2. The molecule has 0 saturated carbocycles. The fourth-order valence-corrected chi connectivity index (χ4v) is 3.29. The molecule has 1 atom stereocenters. The summed E-state index contributed by atoms with van der Waals surface area (Å²) in [7, 11) is 1.61. The van der Waals surface area contributed by atoms with Gasteiger partial charge in [0.2, 0.25) is 0 Å². The summed E-state index contributed by atoms with van der Waals surface area (Å²) in [6.45, 7) is 0. The smallest absolute Gasteiger partial charge is 0.264 e. The number of likely N-dealkylation sites (N-methyl/N-ethyl adjacent to an activating group) is 1. The number of amides is 1. The molecule has 4 rings (SSSR count). The second kappa shape index (κ2) is 6.07. The minimum atomic E-state index is -1.13. The first kappa shape index (κ1) is 16.0. The highest BCUT2D eigenvalue weighted by Gasteiger charge is 2.50. The summed E-state index contributed by atoms with van der Waals surface area (Å²) in [5.41, 5.74) is 2.21. The van der Waals surface area contributed by atoms with Crippen molar-refractivity contribution in [1.29, 1.82) is 5.41 Å². The fraction of sp³-hybridized carbons (Fsp3) is 0.100. The van der Waals surface area contributed by atoms with Crippen LogP contribution in [0.4, 0.5) is 0 Å². The summed E-state index contributed by atoms with van der Waals surface area (Å²) in [5.74, 6) is -0.109. The van der Waals surface area contributed by atoms with Gasteiger partial charge in [-0.3, -0.25) is 15.1 Å². The molecule has 1 fully saturated rings. The van der Waals surface area contributed by atoms with Crippen LogP contribution in [-0.4, -0.2) is 33.8 Å². The normalized spacial score (nSPS) is 19.5. The molecule has 2 N–H and O–H groups in total. The van der Waals surface area contributed by atoms with E-state index in [1.54, 1.807) is 19.4 Å². The molecule has 2 aromatic carbocycles. The van der Waals surface area contributed by atoms with Crippen molar-refractivity contribution in [3.63, 3.8) is 0 Å². The van der Waals surface area contributed by atoms with E-state index in [1.807, 2.05) is 54.6 Å². The van der Waals surface area contributed by atoms with Gasteiger partial charge in [0.05, 0.1) is 0 Å². The molecule has 3 aromatic rings. The maximum Gasteiger partial charge on any atom is 0.264 e. The number of carbonyl (C=O) groups excluding carboxylic acids is 1. The molecule has 1 aliphatic heterocycles. The molecule has 6 nitrogen and oxygen atoms in total. The Morgan fingerprint density at radius 2 is 1.65 bits per heavy atom. The number of nitrogens with zero attached hydrogens (tertiary/aromatic N) is 3. The number of aromatic nitrogens is 2. The van der Waals surface area contributed by atoms with Gasteiger partial charge in [0.15, 0.2) is 11.5 Å². The van der Waals surface area contributed by atoms with Crippen molar-refractivity contribution in [2.75, 3.05) is 7.05 Å². The fourth-order valence-electron chi connectivity index (χ4n) is 3.29. The topological polar surface area (TPSA) is 82.0 Å². The monoisotopic (exact) mass is 343 g/mol. The van der Waals surface area contributed by atoms with Gasteiger partial charge < -0.3 is 5.32 Å². The number of hydrogen-bond acceptors (Lipinski definition) is 4. The van der Waals surface area contributed by atoms with Gasteiger partial charge in [-0.1, -0.05) is 48.5 Å². The lowest BCUT2D eigenvalue weighted by molar-refractivity contribution is -0.129. The summed E-state index contributed by atoms with van der Waals surface area (Å²) in [6.07, 6.45) is 4.95. The molecule has 2 heterocycles. The van der Waals surface area contributed by atoms with E-state index in [-0.39, 0.29) is 11.9 Å². The van der Waals surface area contributed by atoms with Crippen LogP contribution in [0.2, 0.25) is 0 Å². The standard InChI is InChI=1S/C20H17N5O/c1-25-18(26)20(24-19(25)21,16-7-3-2-4-8-16)17-9-5-6-14(10-17)15-11-22-13-23-12-15/h2-13H,1H3,(H2,21,24). The molecular weight excluding hydrogens is 326 g/mol. The molecule has 1 aliphatic rings. The number of rotatable bonds is 3. The highest BCUT2D eigenvalue weighted by molar-refractivity contribution is 6.10. The zero-order chi connectivity index (χ0) is 18.1. The molecule has 0 aliphatic carbocycles. The SMILES string of the molecule is CN1C(=N)NC(c2ccccc2)(c2cccc(-c3cncnc3)c2)C1=O. The minimum absolute atomic E-state index is 0.0762. The molecule has 0 bridgehead atoms. The molecule has 128 valence electrons. The van der Waals surface area contributed by atoms with Gasteiger partial charge in [-0.15, -0.1) is 0 Å². The van der Waals surface area contributed by atoms with Crippen LogP contribution in [0.25, 0.3) is 11.1 Å². The van der Waals surface area contributed by atoms with Crippen LogP contribution in [0.5, 0.6) is 0 Å². The molecule has 6 heteroatoms. The quantitative estimate of drug-likeness (QED) is 0.765. The van der Waals surface area contributed by atoms with E-state index in [2.05, 4.69) is 15.3 Å². The first-order chi connectivity index (χ1) is 12.6. The second-order valence-corrected chi connectivity index (χ2v) is 6.16. The van der Waals surface area contributed by atoms with Crippen molar-refractivity contribution in [2.24, 2.45) is 0 Å². The van der Waals surface area contributed by atoms with Gasteiger partial charge >= 0.3 is 0 Å². The summed E-state index contributed by atoms with van der Waals surface area (Å²) in [4.78, 5) is 22.7. The first-order valence-corrected chi connectivity index (χ1v) is 8.19. The Labute approximate surface area is 151 Å². The third-order valence-electron chi connectivity index (χ3n) is 4.66. The molecule has 1 aromatic heterocycles. The van der Waals surface area contributed by atoms with Crippen molar-refractivity contribution in [3.8, 4) is 11.1 Å². The molecule has 0 spiro atoms. The summed E-state index contributed by atoms with van der Waals surface area (Å²) >= 11 is 0. The van der Waals surface area contributed by atoms with Crippen LogP contribution >= 0.6 is 0 Å². The largest absolute Gasteiger partial charge is 0.334 e. The van der Waals surface area contributed by atoms with E-state index < -0.39 is 5.54 Å². The Balaban J connectivity index is 1.92. The third kappa shape index (κ3) is 2.35. The van der Waals surface area contributed by atoms with Gasteiger partial charge in [-0.25, -0.2) is 9.97 Å². The zero-order valence-electron chi connectivity index (χ0n) is 14.2. The first-order valence-electron chi connectivity index (χ1n) is 8.19. The van der Waals surface area contributed by atoms with Crippen molar-refractivity contribution in [3.05, 3.63) is 84.4 Å². The minimum Gasteiger partial charge on any atom is -0.334 e. The maximum atomic E-state index is 13.2. The van der Waals surface area contributed by atoms with Gasteiger partial charge in [-0.2, -0.15) is 0 Å². The van der Waals surface area contributed by atoms with Crippen molar-refractivity contribution < 1.29 is 4.79 Å². The Bertz CT molecular complexity index is 974. The lowest BCUT2D eigenvalue weighted by Gasteiger charge is -2.28. The van der Waals surface area contributed by atoms with E-state index in [1.165, 1.54) is 11.2 Å². The van der Waals surface area contributed by atoms with Crippen LogP contribution in [0.15, 0.2) is 73.3 Å². The summed E-state index contributed by atoms with van der Waals surface area (Å²) in [6, 6.07) is 17.2. The highest BCUT2D eigenvalue weighted by Crippen LogP contribution is 2.36. The number of guanidine groups is 1. The lowest BCUT2D eigenvalue weighted by atomic mass is 9.81. The van der Waals surface area contributed by atoms with Crippen LogP contribution in [0.3, 0.4) is 0 Å². The average molecular weight is 343 g/mol. The average Bonchev–Trinajstić information content (AvgIpc) is 2.94. The number of hydrogen-bond donors (Lipinski definition) is 2. The van der Waals surface area contributed by atoms with E-state index in [0.717, 1.165) is 22.3 Å². The van der Waals surface area contributed by atoms with Gasteiger partial charge in [0.25, 0.3) is 5.91 Å². The zero-order valence-corrected chi connectivity index (χ0v) is 14.2. The Hall–Kier alpha value is -3.54. The maximum absolute atomic E-state index is 13.2. The van der Waals surface area contributed by atoms with Crippen molar-refractivity contribution in [1.82, 2.24) is 20.2 Å². The Morgan fingerprint density at radius 1 is 0.962 bits per heavy atom. The van der Waals surface area contributed by atoms with E-state index in [4.69, 9.17) is 5.41 Å². The number of carbonyl (C=O) groups is 1. The van der Waals surface area contributed by atoms with Gasteiger partial charge in [0.1, 0.15) is 6.33 Å². The Morgan fingerprint density at radius 3 is 2.31 bits per heavy atom. The van der Waals surface area contributed by atoms with Crippen LogP contribution in [-0.2, 0) is 10.3 Å². The third-order valence-corrected chi connectivity index (χ3v) is 4.66. The van der Waals surface area contributed by atoms with E-state index >= 15 is 0 Å².